The van der Waals surface area contributed by atoms with Crippen molar-refractivity contribution in [3.63, 3.8) is 0 Å². The Morgan fingerprint density at radius 1 is 0.962 bits per heavy atom. The van der Waals surface area contributed by atoms with Crippen molar-refractivity contribution in [2.45, 2.75) is 6.18 Å². The number of hydrogen-bond donors (Lipinski definition) is 3. The van der Waals surface area contributed by atoms with Crippen LogP contribution in [0.2, 0.25) is 0 Å². The van der Waals surface area contributed by atoms with E-state index in [4.69, 9.17) is 9.47 Å². The molecule has 6 nitrogen and oxygen atoms in total. The SMILES string of the molecule is O=C(Nc1ccc2c(c1)OCO2)Nc1ccc2[nH]c(C(F)(F)F)cc2c1. The van der Waals surface area contributed by atoms with Gasteiger partial charge in [-0.15, -0.1) is 0 Å². The molecule has 0 aliphatic carbocycles. The van der Waals surface area contributed by atoms with Crippen molar-refractivity contribution in [1.82, 2.24) is 4.98 Å². The summed E-state index contributed by atoms with van der Waals surface area (Å²) in [5, 5.41) is 5.55. The average Bonchev–Trinajstić information content (AvgIpc) is 3.19. The number of H-pyrrole nitrogens is 1. The molecular weight excluding hydrogens is 351 g/mol. The number of urea groups is 1. The number of anilines is 2. The van der Waals surface area contributed by atoms with E-state index in [1.54, 1.807) is 18.2 Å². The normalized spacial score (nSPS) is 13.0. The molecule has 1 aliphatic rings. The first-order chi connectivity index (χ1) is 12.4. The molecule has 0 saturated heterocycles. The predicted molar refractivity (Wildman–Crippen MR) is 88.5 cm³/mol. The minimum absolute atomic E-state index is 0.127. The summed E-state index contributed by atoms with van der Waals surface area (Å²) in [6.07, 6.45) is -4.46. The molecule has 0 atom stereocenters. The van der Waals surface area contributed by atoms with Gasteiger partial charge in [0.05, 0.1) is 0 Å². The molecule has 9 heteroatoms. The summed E-state index contributed by atoms with van der Waals surface area (Å²) in [6, 6.07) is 9.85. The number of carbonyl (C=O) groups is 1. The summed E-state index contributed by atoms with van der Waals surface area (Å²) in [6.45, 7) is 0.127. The number of benzene rings is 2. The standard InChI is InChI=1S/C17H12F3N3O3/c18-17(19,20)15-6-9-5-10(1-3-12(9)23-15)21-16(24)22-11-2-4-13-14(7-11)26-8-25-13/h1-7,23H,8H2,(H2,21,22,24). The Hall–Kier alpha value is -3.36. The quantitative estimate of drug-likeness (QED) is 0.625. The van der Waals surface area contributed by atoms with Gasteiger partial charge in [-0.25, -0.2) is 4.79 Å². The fourth-order valence-corrected chi connectivity index (χ4v) is 2.63. The maximum atomic E-state index is 12.7. The monoisotopic (exact) mass is 363 g/mol. The molecule has 0 spiro atoms. The van der Waals surface area contributed by atoms with E-state index in [9.17, 15) is 18.0 Å². The number of aromatic amines is 1. The van der Waals surface area contributed by atoms with Gasteiger partial charge in [0, 0.05) is 28.3 Å². The molecule has 1 aromatic heterocycles. The minimum Gasteiger partial charge on any atom is -0.454 e. The Balaban J connectivity index is 1.48. The molecule has 0 saturated carbocycles. The van der Waals surface area contributed by atoms with Crippen LogP contribution in [0.15, 0.2) is 42.5 Å². The number of fused-ring (bicyclic) bond motifs is 2. The molecule has 2 aromatic carbocycles. The number of rotatable bonds is 2. The fraction of sp³-hybridized carbons (Fsp3) is 0.118. The van der Waals surface area contributed by atoms with Gasteiger partial charge >= 0.3 is 12.2 Å². The van der Waals surface area contributed by atoms with Gasteiger partial charge in [0.2, 0.25) is 6.79 Å². The number of hydrogen-bond acceptors (Lipinski definition) is 3. The molecule has 1 aliphatic heterocycles. The highest BCUT2D eigenvalue weighted by Crippen LogP contribution is 2.34. The molecule has 26 heavy (non-hydrogen) atoms. The van der Waals surface area contributed by atoms with E-state index in [2.05, 4.69) is 15.6 Å². The number of alkyl halides is 3. The van der Waals surface area contributed by atoms with Gasteiger partial charge < -0.3 is 25.1 Å². The van der Waals surface area contributed by atoms with Gasteiger partial charge in [-0.05, 0) is 36.4 Å². The highest BCUT2D eigenvalue weighted by molar-refractivity contribution is 6.01. The first-order valence-corrected chi connectivity index (χ1v) is 7.56. The van der Waals surface area contributed by atoms with Crippen molar-refractivity contribution in [3.8, 4) is 11.5 Å². The van der Waals surface area contributed by atoms with Crippen LogP contribution in [0.4, 0.5) is 29.3 Å². The smallest absolute Gasteiger partial charge is 0.431 e. The third-order valence-corrected chi connectivity index (χ3v) is 3.81. The van der Waals surface area contributed by atoms with Crippen molar-refractivity contribution in [2.75, 3.05) is 17.4 Å². The number of amides is 2. The van der Waals surface area contributed by atoms with Crippen LogP contribution < -0.4 is 20.1 Å². The first kappa shape index (κ1) is 16.1. The van der Waals surface area contributed by atoms with Crippen LogP contribution in [0.5, 0.6) is 11.5 Å². The summed E-state index contributed by atoms with van der Waals surface area (Å²) >= 11 is 0. The van der Waals surface area contributed by atoms with E-state index < -0.39 is 17.9 Å². The Labute approximate surface area is 144 Å². The Bertz CT molecular complexity index is 998. The maximum Gasteiger partial charge on any atom is 0.431 e. The molecule has 3 aromatic rings. The molecule has 0 fully saturated rings. The maximum absolute atomic E-state index is 12.7. The van der Waals surface area contributed by atoms with E-state index in [1.807, 2.05) is 0 Å². The zero-order valence-electron chi connectivity index (χ0n) is 13.1. The van der Waals surface area contributed by atoms with E-state index in [0.717, 1.165) is 6.07 Å². The molecule has 2 amide bonds. The molecule has 0 radical (unpaired) electrons. The van der Waals surface area contributed by atoms with Crippen LogP contribution in [0, 0.1) is 0 Å². The van der Waals surface area contributed by atoms with Gasteiger partial charge in [-0.2, -0.15) is 13.2 Å². The first-order valence-electron chi connectivity index (χ1n) is 7.56. The third kappa shape index (κ3) is 3.10. The summed E-state index contributed by atoms with van der Waals surface area (Å²) in [7, 11) is 0. The number of halogens is 3. The second-order valence-electron chi connectivity index (χ2n) is 5.63. The zero-order valence-corrected chi connectivity index (χ0v) is 13.1. The third-order valence-electron chi connectivity index (χ3n) is 3.81. The van der Waals surface area contributed by atoms with Crippen LogP contribution in [0.1, 0.15) is 5.69 Å². The number of carbonyl (C=O) groups excluding carboxylic acids is 1. The van der Waals surface area contributed by atoms with Gasteiger partial charge in [-0.3, -0.25) is 0 Å². The van der Waals surface area contributed by atoms with Crippen LogP contribution >= 0.6 is 0 Å². The molecular formula is C17H12F3N3O3. The molecule has 3 N–H and O–H groups in total. The van der Waals surface area contributed by atoms with Crippen LogP contribution in [-0.2, 0) is 6.18 Å². The van der Waals surface area contributed by atoms with E-state index >= 15 is 0 Å². The lowest BCUT2D eigenvalue weighted by Gasteiger charge is -2.08. The van der Waals surface area contributed by atoms with Crippen molar-refractivity contribution < 1.29 is 27.4 Å². The van der Waals surface area contributed by atoms with Crippen LogP contribution in [-0.4, -0.2) is 17.8 Å². The Morgan fingerprint density at radius 3 is 2.42 bits per heavy atom. The van der Waals surface area contributed by atoms with Crippen molar-refractivity contribution in [3.05, 3.63) is 48.2 Å². The summed E-state index contributed by atoms with van der Waals surface area (Å²) in [5.41, 5.74) is 0.353. The second kappa shape index (κ2) is 5.87. The lowest BCUT2D eigenvalue weighted by molar-refractivity contribution is -0.140. The summed E-state index contributed by atoms with van der Waals surface area (Å²) < 4.78 is 48.6. The second-order valence-corrected chi connectivity index (χ2v) is 5.63. The van der Waals surface area contributed by atoms with E-state index in [0.29, 0.717) is 33.8 Å². The van der Waals surface area contributed by atoms with Crippen molar-refractivity contribution in [1.29, 1.82) is 0 Å². The van der Waals surface area contributed by atoms with Gasteiger partial charge in [0.25, 0.3) is 0 Å². The number of ether oxygens (including phenoxy) is 2. The Morgan fingerprint density at radius 2 is 1.65 bits per heavy atom. The van der Waals surface area contributed by atoms with Crippen LogP contribution in [0.3, 0.4) is 0 Å². The highest BCUT2D eigenvalue weighted by Gasteiger charge is 2.32. The predicted octanol–water partition coefficient (Wildman–Crippen LogP) is 4.56. The largest absolute Gasteiger partial charge is 0.454 e. The zero-order chi connectivity index (χ0) is 18.3. The van der Waals surface area contributed by atoms with Crippen molar-refractivity contribution in [2.24, 2.45) is 0 Å². The summed E-state index contributed by atoms with van der Waals surface area (Å²) in [5.74, 6) is 1.12. The molecule has 2 heterocycles. The highest BCUT2D eigenvalue weighted by atomic mass is 19.4. The minimum atomic E-state index is -4.46. The topological polar surface area (TPSA) is 75.4 Å². The van der Waals surface area contributed by atoms with Gasteiger partial charge in [0.15, 0.2) is 11.5 Å². The lowest BCUT2D eigenvalue weighted by atomic mass is 10.2. The molecule has 0 unspecified atom stereocenters. The van der Waals surface area contributed by atoms with Crippen LogP contribution in [0.25, 0.3) is 10.9 Å². The Kier molecular flexibility index (Phi) is 3.64. The fourth-order valence-electron chi connectivity index (χ4n) is 2.63. The van der Waals surface area contributed by atoms with Crippen molar-refractivity contribution >= 4 is 28.3 Å². The molecule has 0 bridgehead atoms. The average molecular weight is 363 g/mol. The van der Waals surface area contributed by atoms with E-state index in [-0.39, 0.29) is 6.79 Å². The molecule has 4 rings (SSSR count). The number of aromatic nitrogens is 1. The molecule has 134 valence electrons. The van der Waals surface area contributed by atoms with Gasteiger partial charge in [-0.1, -0.05) is 0 Å². The van der Waals surface area contributed by atoms with E-state index in [1.165, 1.54) is 18.2 Å². The summed E-state index contributed by atoms with van der Waals surface area (Å²) in [4.78, 5) is 14.4. The van der Waals surface area contributed by atoms with Gasteiger partial charge in [0.1, 0.15) is 5.69 Å². The lowest BCUT2D eigenvalue weighted by Crippen LogP contribution is -2.19. The number of nitrogens with one attached hydrogen (secondary N) is 3.